The number of fused-ring (bicyclic) bond motifs is 2. The number of benzene rings is 2. The van der Waals surface area contributed by atoms with Crippen molar-refractivity contribution in [1.29, 1.82) is 0 Å². The molecule has 2 aromatic rings. The van der Waals surface area contributed by atoms with Gasteiger partial charge in [-0.15, -0.1) is 0 Å². The molecule has 0 saturated carbocycles. The summed E-state index contributed by atoms with van der Waals surface area (Å²) in [5.74, 6) is 0.872. The molecule has 0 bridgehead atoms. The van der Waals surface area contributed by atoms with Crippen LogP contribution in [0.25, 0.3) is 0 Å². The second-order valence-electron chi connectivity index (χ2n) is 4.84. The molecular formula is C16H13O4. The summed E-state index contributed by atoms with van der Waals surface area (Å²) >= 11 is 0. The summed E-state index contributed by atoms with van der Waals surface area (Å²) < 4.78 is 10.7. The molecule has 4 rings (SSSR count). The van der Waals surface area contributed by atoms with Gasteiger partial charge < -0.3 is 9.47 Å². The largest absolute Gasteiger partial charge is 0.467 e. The van der Waals surface area contributed by atoms with Crippen LogP contribution in [-0.2, 0) is 27.7 Å². The third kappa shape index (κ3) is 1.98. The smallest absolute Gasteiger partial charge is 0.189 e. The highest BCUT2D eigenvalue weighted by molar-refractivity contribution is 5.42. The molecule has 0 N–H and O–H groups in total. The Kier molecular flexibility index (Phi) is 2.92. The van der Waals surface area contributed by atoms with Crippen molar-refractivity contribution < 1.29 is 19.2 Å². The fraction of sp³-hybridized carbons (Fsp3) is 0.250. The minimum Gasteiger partial charge on any atom is -0.467 e. The van der Waals surface area contributed by atoms with Crippen LogP contribution in [0.15, 0.2) is 36.4 Å². The van der Waals surface area contributed by atoms with E-state index in [4.69, 9.17) is 19.2 Å². The Hall–Kier alpha value is -1.88. The average molecular weight is 269 g/mol. The van der Waals surface area contributed by atoms with Gasteiger partial charge in [0.05, 0.1) is 6.61 Å². The highest BCUT2D eigenvalue weighted by Crippen LogP contribution is 2.35. The lowest BCUT2D eigenvalue weighted by atomic mass is 9.95. The minimum absolute atomic E-state index is 0.233. The third-order valence-electron chi connectivity index (χ3n) is 3.59. The van der Waals surface area contributed by atoms with Crippen LogP contribution in [0.3, 0.4) is 0 Å². The molecule has 0 saturated heterocycles. The van der Waals surface area contributed by atoms with E-state index in [2.05, 4.69) is 6.07 Å². The summed E-state index contributed by atoms with van der Waals surface area (Å²) in [5, 5.41) is 0. The summed E-state index contributed by atoms with van der Waals surface area (Å²) in [6, 6.07) is 15.0. The van der Waals surface area contributed by atoms with Gasteiger partial charge in [0, 0.05) is 5.56 Å². The van der Waals surface area contributed by atoms with Gasteiger partial charge in [0.1, 0.15) is 18.5 Å². The molecule has 4 heteroatoms. The fourth-order valence-electron chi connectivity index (χ4n) is 2.58. The van der Waals surface area contributed by atoms with Gasteiger partial charge in [-0.25, -0.2) is 9.78 Å². The SMILES string of the molecule is [c]1ccc2c(c1)C(c1ccc3c(c1)COCO3)OOC2. The Morgan fingerprint density at radius 1 is 1.10 bits per heavy atom. The zero-order valence-electron chi connectivity index (χ0n) is 10.8. The molecular weight excluding hydrogens is 256 g/mol. The summed E-state index contributed by atoms with van der Waals surface area (Å²) in [6.07, 6.45) is -0.233. The lowest BCUT2D eigenvalue weighted by Gasteiger charge is -2.26. The first-order valence-corrected chi connectivity index (χ1v) is 6.52. The molecule has 2 aliphatic rings. The van der Waals surface area contributed by atoms with E-state index in [0.717, 1.165) is 28.0 Å². The van der Waals surface area contributed by atoms with E-state index >= 15 is 0 Å². The van der Waals surface area contributed by atoms with Crippen molar-refractivity contribution in [2.45, 2.75) is 19.3 Å². The van der Waals surface area contributed by atoms with Gasteiger partial charge in [0.15, 0.2) is 6.79 Å². The molecule has 101 valence electrons. The lowest BCUT2D eigenvalue weighted by Crippen LogP contribution is -2.17. The van der Waals surface area contributed by atoms with Crippen molar-refractivity contribution in [2.24, 2.45) is 0 Å². The van der Waals surface area contributed by atoms with Gasteiger partial charge >= 0.3 is 0 Å². The molecule has 0 amide bonds. The average Bonchev–Trinajstić information content (AvgIpc) is 2.54. The summed E-state index contributed by atoms with van der Waals surface area (Å²) in [7, 11) is 0. The fourth-order valence-corrected chi connectivity index (χ4v) is 2.58. The van der Waals surface area contributed by atoms with Crippen molar-refractivity contribution in [3.05, 3.63) is 64.7 Å². The highest BCUT2D eigenvalue weighted by atomic mass is 17.2. The highest BCUT2D eigenvalue weighted by Gasteiger charge is 2.25. The van der Waals surface area contributed by atoms with Crippen molar-refractivity contribution >= 4 is 0 Å². The van der Waals surface area contributed by atoms with Crippen LogP contribution in [0.2, 0.25) is 0 Å². The van der Waals surface area contributed by atoms with E-state index in [9.17, 15) is 0 Å². The minimum atomic E-state index is -0.233. The van der Waals surface area contributed by atoms with Gasteiger partial charge in [-0.05, 0) is 41.0 Å². The maximum atomic E-state index is 5.48. The summed E-state index contributed by atoms with van der Waals surface area (Å²) in [4.78, 5) is 10.7. The van der Waals surface area contributed by atoms with Crippen molar-refractivity contribution in [3.63, 3.8) is 0 Å². The van der Waals surface area contributed by atoms with Gasteiger partial charge in [-0.1, -0.05) is 18.2 Å². The Morgan fingerprint density at radius 3 is 3.10 bits per heavy atom. The zero-order valence-corrected chi connectivity index (χ0v) is 10.8. The van der Waals surface area contributed by atoms with Crippen LogP contribution in [0, 0.1) is 6.07 Å². The molecule has 0 spiro atoms. The number of ether oxygens (including phenoxy) is 2. The zero-order chi connectivity index (χ0) is 13.4. The molecule has 2 heterocycles. The molecule has 0 aromatic heterocycles. The van der Waals surface area contributed by atoms with Crippen molar-refractivity contribution in [2.75, 3.05) is 6.79 Å². The van der Waals surface area contributed by atoms with Crippen LogP contribution in [0.5, 0.6) is 5.75 Å². The summed E-state index contributed by atoms with van der Waals surface area (Å²) in [5.41, 5.74) is 4.28. The van der Waals surface area contributed by atoms with Crippen LogP contribution in [0.4, 0.5) is 0 Å². The topological polar surface area (TPSA) is 36.9 Å². The van der Waals surface area contributed by atoms with Gasteiger partial charge in [0.25, 0.3) is 0 Å². The Labute approximate surface area is 116 Å². The van der Waals surface area contributed by atoms with Crippen LogP contribution < -0.4 is 4.74 Å². The molecule has 1 atom stereocenters. The lowest BCUT2D eigenvalue weighted by molar-refractivity contribution is -0.336. The normalized spacial score (nSPS) is 20.7. The van der Waals surface area contributed by atoms with E-state index in [0.29, 0.717) is 20.0 Å². The molecule has 2 aliphatic heterocycles. The predicted octanol–water partition coefficient (Wildman–Crippen LogP) is 2.90. The van der Waals surface area contributed by atoms with E-state index in [-0.39, 0.29) is 6.10 Å². The molecule has 2 aromatic carbocycles. The maximum absolute atomic E-state index is 5.48. The molecule has 1 unspecified atom stereocenters. The van der Waals surface area contributed by atoms with E-state index in [1.807, 2.05) is 36.4 Å². The first-order valence-electron chi connectivity index (χ1n) is 6.52. The van der Waals surface area contributed by atoms with Crippen molar-refractivity contribution in [3.8, 4) is 5.75 Å². The van der Waals surface area contributed by atoms with E-state index < -0.39 is 0 Å². The Bertz CT molecular complexity index is 638. The maximum Gasteiger partial charge on any atom is 0.189 e. The van der Waals surface area contributed by atoms with Crippen LogP contribution in [-0.4, -0.2) is 6.79 Å². The molecule has 20 heavy (non-hydrogen) atoms. The van der Waals surface area contributed by atoms with Gasteiger partial charge in [-0.3, -0.25) is 0 Å². The van der Waals surface area contributed by atoms with Crippen LogP contribution in [0.1, 0.15) is 28.4 Å². The Morgan fingerprint density at radius 2 is 2.10 bits per heavy atom. The third-order valence-corrected chi connectivity index (χ3v) is 3.59. The first kappa shape index (κ1) is 11.9. The second kappa shape index (κ2) is 4.90. The molecule has 0 aliphatic carbocycles. The molecule has 0 fully saturated rings. The standard InChI is InChI=1S/C16H13O4/c1-2-4-14-12(3-1)9-19-20-16(14)11-5-6-15-13(7-11)8-17-10-18-15/h1,3-7,16H,8-10H2. The monoisotopic (exact) mass is 269 g/mol. The van der Waals surface area contributed by atoms with Crippen molar-refractivity contribution in [1.82, 2.24) is 0 Å². The first-order chi connectivity index (χ1) is 9.92. The number of rotatable bonds is 1. The second-order valence-corrected chi connectivity index (χ2v) is 4.84. The summed E-state index contributed by atoms with van der Waals surface area (Å²) in [6.45, 7) is 1.34. The quantitative estimate of drug-likeness (QED) is 0.746. The predicted molar refractivity (Wildman–Crippen MR) is 69.7 cm³/mol. The van der Waals surface area contributed by atoms with E-state index in [1.54, 1.807) is 0 Å². The van der Waals surface area contributed by atoms with Gasteiger partial charge in [-0.2, -0.15) is 0 Å². The Balaban J connectivity index is 1.75. The molecule has 1 radical (unpaired) electrons. The molecule has 4 nitrogen and oxygen atoms in total. The number of hydrogen-bond acceptors (Lipinski definition) is 4. The van der Waals surface area contributed by atoms with E-state index in [1.165, 1.54) is 0 Å². The van der Waals surface area contributed by atoms with Crippen LogP contribution >= 0.6 is 0 Å². The number of hydrogen-bond donors (Lipinski definition) is 0. The van der Waals surface area contributed by atoms with Gasteiger partial charge in [0.2, 0.25) is 0 Å².